The molecule has 1 aromatic heterocycles. The van der Waals surface area contributed by atoms with Crippen molar-refractivity contribution in [2.75, 3.05) is 14.2 Å². The van der Waals surface area contributed by atoms with Gasteiger partial charge in [-0.15, -0.1) is 0 Å². The van der Waals surface area contributed by atoms with Crippen LogP contribution in [0.5, 0.6) is 17.2 Å². The van der Waals surface area contributed by atoms with Gasteiger partial charge in [-0.3, -0.25) is 9.36 Å². The number of methoxy groups -OCH3 is 2. The van der Waals surface area contributed by atoms with E-state index in [1.165, 1.54) is 24.0 Å². The van der Waals surface area contributed by atoms with Gasteiger partial charge in [0.05, 0.1) is 35.0 Å². The van der Waals surface area contributed by atoms with E-state index in [1.54, 1.807) is 19.2 Å². The van der Waals surface area contributed by atoms with Crippen LogP contribution in [0, 0.1) is 0 Å². The summed E-state index contributed by atoms with van der Waals surface area (Å²) in [4.78, 5) is 19.6. The number of fused-ring (bicyclic) bond motifs is 3. The number of aromatic nitrogens is 1. The molecule has 3 aromatic carbocycles. The molecule has 2 heterocycles. The highest BCUT2D eigenvalue weighted by Gasteiger charge is 2.32. The molecule has 0 spiro atoms. The molecule has 1 N–H and O–H groups in total. The van der Waals surface area contributed by atoms with Gasteiger partial charge in [0.2, 0.25) is 0 Å². The molecule has 4 aromatic rings. The summed E-state index contributed by atoms with van der Waals surface area (Å²) in [6, 6.07) is 19.5. The Morgan fingerprint density at radius 3 is 2.62 bits per heavy atom. The first-order valence-corrected chi connectivity index (χ1v) is 13.4. The summed E-state index contributed by atoms with van der Waals surface area (Å²) < 4.78 is 13.5. The zero-order valence-electron chi connectivity index (χ0n) is 20.2. The Morgan fingerprint density at radius 1 is 1.08 bits per heavy atom. The van der Waals surface area contributed by atoms with E-state index in [4.69, 9.17) is 14.5 Å². The molecule has 1 aliphatic carbocycles. The Balaban J connectivity index is 1.59. The fraction of sp³-hybridized carbons (Fsp3) is 0.172. The summed E-state index contributed by atoms with van der Waals surface area (Å²) in [5.41, 5.74) is 6.18. The van der Waals surface area contributed by atoms with Gasteiger partial charge in [0.15, 0.2) is 16.3 Å². The smallest absolute Gasteiger partial charge is 0.271 e. The number of benzene rings is 3. The number of hydrogen-bond acceptors (Lipinski definition) is 6. The molecule has 0 radical (unpaired) electrons. The summed E-state index contributed by atoms with van der Waals surface area (Å²) >= 11 is 4.74. The zero-order valence-corrected chi connectivity index (χ0v) is 22.6. The average molecular weight is 575 g/mol. The number of phenols is 1. The molecule has 1 atom stereocenters. The molecule has 0 amide bonds. The van der Waals surface area contributed by atoms with E-state index in [-0.39, 0.29) is 17.4 Å². The van der Waals surface area contributed by atoms with E-state index in [2.05, 4.69) is 34.1 Å². The third-order valence-electron chi connectivity index (χ3n) is 6.87. The Labute approximate surface area is 225 Å². The molecule has 0 bridgehead atoms. The molecule has 186 valence electrons. The minimum absolute atomic E-state index is 0.0203. The van der Waals surface area contributed by atoms with Crippen molar-refractivity contribution in [2.45, 2.75) is 18.9 Å². The molecule has 0 saturated carbocycles. The van der Waals surface area contributed by atoms with Crippen molar-refractivity contribution >= 4 is 39.0 Å². The van der Waals surface area contributed by atoms with E-state index in [0.717, 1.165) is 46.6 Å². The van der Waals surface area contributed by atoms with E-state index in [9.17, 15) is 9.90 Å². The van der Waals surface area contributed by atoms with Crippen LogP contribution in [0.3, 0.4) is 0 Å². The molecule has 2 aliphatic rings. The first-order chi connectivity index (χ1) is 18.0. The van der Waals surface area contributed by atoms with Crippen LogP contribution in [0.2, 0.25) is 0 Å². The van der Waals surface area contributed by atoms with Crippen LogP contribution in [0.15, 0.2) is 80.5 Å². The van der Waals surface area contributed by atoms with Gasteiger partial charge < -0.3 is 14.6 Å². The van der Waals surface area contributed by atoms with Crippen LogP contribution in [0.25, 0.3) is 11.8 Å². The Bertz CT molecular complexity index is 1750. The van der Waals surface area contributed by atoms with Gasteiger partial charge in [-0.05, 0) is 81.4 Å². The average Bonchev–Trinajstić information content (AvgIpc) is 3.23. The third-order valence-corrected chi connectivity index (χ3v) is 8.46. The highest BCUT2D eigenvalue weighted by Crippen LogP contribution is 2.41. The number of hydrogen-bond donors (Lipinski definition) is 1. The van der Waals surface area contributed by atoms with Gasteiger partial charge in [0.25, 0.3) is 5.56 Å². The van der Waals surface area contributed by atoms with E-state index < -0.39 is 0 Å². The number of halogens is 1. The van der Waals surface area contributed by atoms with Gasteiger partial charge in [-0.1, -0.05) is 47.7 Å². The van der Waals surface area contributed by atoms with Crippen molar-refractivity contribution in [1.29, 1.82) is 0 Å². The second-order valence-electron chi connectivity index (χ2n) is 8.94. The molecule has 8 heteroatoms. The Morgan fingerprint density at radius 2 is 1.86 bits per heavy atom. The SMILES string of the molecule is COc1ccc([C@@H]2C3=C(N=c4s/c(=C\c5cc(Br)c(O)c(OC)c5)c(=O)n42)c2ccccc2CC3)cc1. The first kappa shape index (κ1) is 23.8. The lowest BCUT2D eigenvalue weighted by Gasteiger charge is -2.30. The predicted octanol–water partition coefficient (Wildman–Crippen LogP) is 4.80. The molecule has 37 heavy (non-hydrogen) atoms. The standard InChI is InChI=1S/C29H23BrN2O4S/c1-35-19-10-7-18(8-11-19)26-21-12-9-17-5-3-4-6-20(17)25(21)31-29-32(26)28(34)24(37-29)15-16-13-22(30)27(33)23(14-16)36-2/h3-8,10-11,13-15,26,33H,9,12H2,1-2H3/b24-15-/t26-/m1/s1. The Kier molecular flexibility index (Phi) is 6.01. The predicted molar refractivity (Wildman–Crippen MR) is 148 cm³/mol. The van der Waals surface area contributed by atoms with Gasteiger partial charge >= 0.3 is 0 Å². The Hall–Kier alpha value is -3.62. The number of allylic oxidation sites excluding steroid dienone is 1. The van der Waals surface area contributed by atoms with Crippen LogP contribution in [0.4, 0.5) is 0 Å². The van der Waals surface area contributed by atoms with Crippen LogP contribution in [-0.2, 0) is 6.42 Å². The summed E-state index contributed by atoms with van der Waals surface area (Å²) in [6.07, 6.45) is 3.56. The van der Waals surface area contributed by atoms with Crippen LogP contribution in [0.1, 0.15) is 34.7 Å². The number of thiazole rings is 1. The number of ether oxygens (including phenoxy) is 2. The summed E-state index contributed by atoms with van der Waals surface area (Å²) in [5, 5.41) is 10.2. The topological polar surface area (TPSA) is 73.1 Å². The van der Waals surface area contributed by atoms with Crippen molar-refractivity contribution in [3.05, 3.63) is 113 Å². The molecule has 6 rings (SSSR count). The first-order valence-electron chi connectivity index (χ1n) is 11.8. The highest BCUT2D eigenvalue weighted by molar-refractivity contribution is 9.10. The summed E-state index contributed by atoms with van der Waals surface area (Å²) in [5.74, 6) is 1.12. The number of aromatic hydroxyl groups is 1. The molecule has 0 unspecified atom stereocenters. The lowest BCUT2D eigenvalue weighted by atomic mass is 9.83. The fourth-order valence-electron chi connectivity index (χ4n) is 5.09. The number of aryl methyl sites for hydroxylation is 1. The van der Waals surface area contributed by atoms with Gasteiger partial charge in [0.1, 0.15) is 5.75 Å². The maximum absolute atomic E-state index is 13.9. The minimum atomic E-state index is -0.256. The van der Waals surface area contributed by atoms with Crippen molar-refractivity contribution in [3.63, 3.8) is 0 Å². The highest BCUT2D eigenvalue weighted by atomic mass is 79.9. The normalized spacial score (nSPS) is 16.5. The molecule has 6 nitrogen and oxygen atoms in total. The van der Waals surface area contributed by atoms with Gasteiger partial charge in [0, 0.05) is 5.56 Å². The van der Waals surface area contributed by atoms with E-state index in [1.807, 2.05) is 41.0 Å². The monoisotopic (exact) mass is 574 g/mol. The number of nitrogens with zero attached hydrogens (tertiary/aromatic N) is 2. The number of phenolic OH excluding ortho intramolecular Hbond substituents is 1. The summed E-state index contributed by atoms with van der Waals surface area (Å²) in [7, 11) is 3.14. The van der Waals surface area contributed by atoms with Crippen LogP contribution in [-0.4, -0.2) is 23.9 Å². The maximum Gasteiger partial charge on any atom is 0.271 e. The maximum atomic E-state index is 13.9. The lowest BCUT2D eigenvalue weighted by molar-refractivity contribution is 0.372. The van der Waals surface area contributed by atoms with Gasteiger partial charge in [-0.2, -0.15) is 0 Å². The minimum Gasteiger partial charge on any atom is -0.503 e. The van der Waals surface area contributed by atoms with Crippen molar-refractivity contribution < 1.29 is 14.6 Å². The quantitative estimate of drug-likeness (QED) is 0.380. The summed E-state index contributed by atoms with van der Waals surface area (Å²) in [6.45, 7) is 0. The van der Waals surface area contributed by atoms with Crippen LogP contribution < -0.4 is 24.4 Å². The van der Waals surface area contributed by atoms with Crippen molar-refractivity contribution in [2.24, 2.45) is 4.99 Å². The second-order valence-corrected chi connectivity index (χ2v) is 10.8. The molecular formula is C29H23BrN2O4S. The van der Waals surface area contributed by atoms with Crippen molar-refractivity contribution in [3.8, 4) is 17.2 Å². The fourth-order valence-corrected chi connectivity index (χ4v) is 6.55. The van der Waals surface area contributed by atoms with E-state index >= 15 is 0 Å². The molecular weight excluding hydrogens is 552 g/mol. The van der Waals surface area contributed by atoms with Gasteiger partial charge in [-0.25, -0.2) is 4.99 Å². The zero-order chi connectivity index (χ0) is 25.7. The second kappa shape index (κ2) is 9.36. The molecule has 0 saturated heterocycles. The molecule has 0 fully saturated rings. The van der Waals surface area contributed by atoms with Crippen molar-refractivity contribution in [1.82, 2.24) is 4.57 Å². The third kappa shape index (κ3) is 4.01. The largest absolute Gasteiger partial charge is 0.503 e. The number of rotatable bonds is 4. The molecule has 1 aliphatic heterocycles. The van der Waals surface area contributed by atoms with E-state index in [0.29, 0.717) is 19.6 Å². The lowest BCUT2D eigenvalue weighted by Crippen LogP contribution is -2.38. The van der Waals surface area contributed by atoms with Crippen LogP contribution >= 0.6 is 27.3 Å².